The van der Waals surface area contributed by atoms with Gasteiger partial charge in [0, 0.05) is 12.3 Å². The Morgan fingerprint density at radius 1 is 1.03 bits per heavy atom. The molecule has 0 spiro atoms. The summed E-state index contributed by atoms with van der Waals surface area (Å²) in [5.74, 6) is -0.855. The van der Waals surface area contributed by atoms with Crippen LogP contribution in [0.2, 0.25) is 0 Å². The minimum Gasteiger partial charge on any atom is -0.462 e. The van der Waals surface area contributed by atoms with Crippen molar-refractivity contribution < 1.29 is 28.7 Å². The molecule has 2 aliphatic rings. The van der Waals surface area contributed by atoms with Crippen molar-refractivity contribution in [2.24, 2.45) is 5.92 Å². The zero-order valence-corrected chi connectivity index (χ0v) is 21.2. The van der Waals surface area contributed by atoms with Gasteiger partial charge in [0.25, 0.3) is 0 Å². The van der Waals surface area contributed by atoms with Crippen molar-refractivity contribution in [3.63, 3.8) is 0 Å². The van der Waals surface area contributed by atoms with Crippen molar-refractivity contribution in [1.29, 1.82) is 0 Å². The zero-order chi connectivity index (χ0) is 24.4. The molecule has 6 nitrogen and oxygen atoms in total. The van der Waals surface area contributed by atoms with Crippen LogP contribution in [0.3, 0.4) is 0 Å². The molecule has 2 unspecified atom stereocenters. The number of unbranched alkanes of at least 4 members (excludes halogenated alkanes) is 5. The second kappa shape index (κ2) is 12.7. The third-order valence-corrected chi connectivity index (χ3v) is 7.65. The molecule has 6 heteroatoms. The first-order chi connectivity index (χ1) is 16.4. The van der Waals surface area contributed by atoms with Gasteiger partial charge in [0.05, 0.1) is 20.2 Å². The summed E-state index contributed by atoms with van der Waals surface area (Å²) in [6.45, 7) is 4.28. The number of ether oxygens (including phenoxy) is 2. The van der Waals surface area contributed by atoms with E-state index >= 15 is 0 Å². The molecule has 1 N–H and O–H groups in total. The number of likely N-dealkylation sites (tertiary alicyclic amines) is 1. The third kappa shape index (κ3) is 7.05. The lowest BCUT2D eigenvalue weighted by molar-refractivity contribution is -0.891. The molecule has 0 amide bonds. The molecule has 3 rings (SSSR count). The van der Waals surface area contributed by atoms with Gasteiger partial charge in [0.2, 0.25) is 0 Å². The Morgan fingerprint density at radius 2 is 1.71 bits per heavy atom. The minimum atomic E-state index is -1.61. The molecule has 190 valence electrons. The van der Waals surface area contributed by atoms with Crippen LogP contribution in [-0.4, -0.2) is 60.9 Å². The van der Waals surface area contributed by atoms with Crippen LogP contribution in [0.15, 0.2) is 30.3 Å². The van der Waals surface area contributed by atoms with Gasteiger partial charge in [-0.15, -0.1) is 0 Å². The molecule has 2 fully saturated rings. The second-order valence-electron chi connectivity index (χ2n) is 10.6. The van der Waals surface area contributed by atoms with Gasteiger partial charge in [0.1, 0.15) is 6.54 Å². The number of hydrogen-bond acceptors (Lipinski definition) is 5. The van der Waals surface area contributed by atoms with Gasteiger partial charge in [-0.3, -0.25) is 0 Å². The minimum absolute atomic E-state index is 0.123. The lowest BCUT2D eigenvalue weighted by atomic mass is 9.80. The fourth-order valence-corrected chi connectivity index (χ4v) is 5.59. The molecule has 1 aromatic carbocycles. The predicted molar refractivity (Wildman–Crippen MR) is 132 cm³/mol. The highest BCUT2D eigenvalue weighted by molar-refractivity contribution is 5.81. The van der Waals surface area contributed by atoms with Gasteiger partial charge in [-0.1, -0.05) is 82.2 Å². The summed E-state index contributed by atoms with van der Waals surface area (Å²) in [6.07, 6.45) is 11.0. The predicted octanol–water partition coefficient (Wildman–Crippen LogP) is 4.73. The van der Waals surface area contributed by atoms with E-state index in [1.807, 2.05) is 37.4 Å². The number of benzene rings is 1. The van der Waals surface area contributed by atoms with E-state index in [1.54, 1.807) is 0 Å². The molecule has 0 bridgehead atoms. The summed E-state index contributed by atoms with van der Waals surface area (Å²) < 4.78 is 11.9. The van der Waals surface area contributed by atoms with E-state index in [1.165, 1.54) is 25.7 Å². The van der Waals surface area contributed by atoms with Crippen molar-refractivity contribution in [2.45, 2.75) is 89.3 Å². The van der Waals surface area contributed by atoms with Crippen LogP contribution in [-0.2, 0) is 24.7 Å². The third-order valence-electron chi connectivity index (χ3n) is 7.65. The first-order valence-corrected chi connectivity index (χ1v) is 13.4. The average molecular weight is 475 g/mol. The van der Waals surface area contributed by atoms with Crippen molar-refractivity contribution >= 4 is 11.9 Å². The van der Waals surface area contributed by atoms with Gasteiger partial charge in [-0.05, 0) is 24.8 Å². The van der Waals surface area contributed by atoms with E-state index in [2.05, 4.69) is 6.92 Å². The number of rotatable bonds is 13. The van der Waals surface area contributed by atoms with Gasteiger partial charge in [-0.25, -0.2) is 9.59 Å². The van der Waals surface area contributed by atoms with Crippen LogP contribution in [0.4, 0.5) is 0 Å². The second-order valence-corrected chi connectivity index (χ2v) is 10.6. The van der Waals surface area contributed by atoms with Gasteiger partial charge in [0.15, 0.2) is 18.2 Å². The van der Waals surface area contributed by atoms with E-state index in [0.29, 0.717) is 29.6 Å². The van der Waals surface area contributed by atoms with Crippen LogP contribution in [0.1, 0.15) is 83.1 Å². The molecule has 0 aromatic heterocycles. The maximum Gasteiger partial charge on any atom is 0.361 e. The van der Waals surface area contributed by atoms with Crippen molar-refractivity contribution in [3.05, 3.63) is 35.9 Å². The topological polar surface area (TPSA) is 72.8 Å². The summed E-state index contributed by atoms with van der Waals surface area (Å²) in [6, 6.07) is 9.21. The number of aliphatic hydroxyl groups is 1. The highest BCUT2D eigenvalue weighted by atomic mass is 16.6. The summed E-state index contributed by atoms with van der Waals surface area (Å²) in [4.78, 5) is 25.7. The van der Waals surface area contributed by atoms with Crippen molar-refractivity contribution in [3.8, 4) is 0 Å². The van der Waals surface area contributed by atoms with Gasteiger partial charge >= 0.3 is 11.9 Å². The SMILES string of the molecule is CCCCCCCCOC(=O)C[N+]1(C)CCC(OC(=O)[C@](O)(c2ccccc2)C2CCCC2)C1. The molecule has 1 saturated heterocycles. The standard InChI is InChI=1S/C28H44NO5/c1-3-4-5-6-7-13-20-33-26(30)22-29(2)19-18-25(21-29)34-27(31)28(32,24-16-11-12-17-24)23-14-9-8-10-15-23/h8-10,14-15,24-25,32H,3-7,11-13,16-22H2,1-2H3/q+1/t25?,28-,29?/m0/s1. The quantitative estimate of drug-likeness (QED) is 0.254. The van der Waals surface area contributed by atoms with Crippen LogP contribution in [0, 0.1) is 5.92 Å². The number of esters is 2. The van der Waals surface area contributed by atoms with Crippen molar-refractivity contribution in [1.82, 2.24) is 0 Å². The Hall–Kier alpha value is -1.92. The molecule has 34 heavy (non-hydrogen) atoms. The highest BCUT2D eigenvalue weighted by Crippen LogP contribution is 2.42. The Kier molecular flexibility index (Phi) is 9.96. The molecule has 1 saturated carbocycles. The summed E-state index contributed by atoms with van der Waals surface area (Å²) in [7, 11) is 2.01. The summed E-state index contributed by atoms with van der Waals surface area (Å²) in [5, 5.41) is 11.6. The largest absolute Gasteiger partial charge is 0.462 e. The maximum absolute atomic E-state index is 13.3. The number of nitrogens with zero attached hydrogens (tertiary/aromatic N) is 1. The number of quaternary nitrogens is 1. The summed E-state index contributed by atoms with van der Waals surface area (Å²) in [5.41, 5.74) is -1.000. The number of likely N-dealkylation sites (N-methyl/N-ethyl adjacent to an activating group) is 1. The molecule has 1 heterocycles. The van der Waals surface area contributed by atoms with Gasteiger partial charge < -0.3 is 19.1 Å². The molecule has 3 atom stereocenters. The zero-order valence-electron chi connectivity index (χ0n) is 21.2. The maximum atomic E-state index is 13.3. The van der Waals surface area contributed by atoms with Gasteiger partial charge in [-0.2, -0.15) is 0 Å². The lowest BCUT2D eigenvalue weighted by Gasteiger charge is -2.33. The fourth-order valence-electron chi connectivity index (χ4n) is 5.59. The first kappa shape index (κ1) is 26.7. The van der Waals surface area contributed by atoms with E-state index < -0.39 is 11.6 Å². The van der Waals surface area contributed by atoms with E-state index in [4.69, 9.17) is 9.47 Å². The number of carbonyl (C=O) groups is 2. The van der Waals surface area contributed by atoms with Crippen LogP contribution in [0.25, 0.3) is 0 Å². The summed E-state index contributed by atoms with van der Waals surface area (Å²) >= 11 is 0. The van der Waals surface area contributed by atoms with Crippen LogP contribution < -0.4 is 0 Å². The normalized spacial score (nSPS) is 24.6. The molecule has 1 aliphatic carbocycles. The van der Waals surface area contributed by atoms with E-state index in [-0.39, 0.29) is 24.5 Å². The van der Waals surface area contributed by atoms with E-state index in [9.17, 15) is 14.7 Å². The Balaban J connectivity index is 1.49. The molecule has 0 radical (unpaired) electrons. The molecule has 1 aliphatic heterocycles. The average Bonchev–Trinajstić information content (AvgIpc) is 3.49. The molecular formula is C28H44NO5+. The van der Waals surface area contributed by atoms with Crippen molar-refractivity contribution in [2.75, 3.05) is 33.3 Å². The Labute approximate surface area is 205 Å². The molecule has 1 aromatic rings. The number of carbonyl (C=O) groups excluding carboxylic acids is 2. The Bertz CT molecular complexity index is 778. The van der Waals surface area contributed by atoms with Crippen LogP contribution >= 0.6 is 0 Å². The molecular weight excluding hydrogens is 430 g/mol. The van der Waals surface area contributed by atoms with Crippen LogP contribution in [0.5, 0.6) is 0 Å². The highest BCUT2D eigenvalue weighted by Gasteiger charge is 2.50. The monoisotopic (exact) mass is 474 g/mol. The fraction of sp³-hybridized carbons (Fsp3) is 0.714. The van der Waals surface area contributed by atoms with E-state index in [0.717, 1.165) is 45.1 Å². The Morgan fingerprint density at radius 3 is 2.41 bits per heavy atom. The first-order valence-electron chi connectivity index (χ1n) is 13.4. The lowest BCUT2D eigenvalue weighted by Crippen LogP contribution is -2.48. The smallest absolute Gasteiger partial charge is 0.361 e. The number of hydrogen-bond donors (Lipinski definition) is 1.